The van der Waals surface area contributed by atoms with Crippen molar-refractivity contribution in [2.75, 3.05) is 5.32 Å². The lowest BCUT2D eigenvalue weighted by atomic mass is 10.1. The molecule has 0 amide bonds. The van der Waals surface area contributed by atoms with Crippen LogP contribution in [0.25, 0.3) is 16.6 Å². The minimum atomic E-state index is 0.179. The van der Waals surface area contributed by atoms with Crippen molar-refractivity contribution in [1.82, 2.24) is 14.6 Å². The first-order valence-corrected chi connectivity index (χ1v) is 7.79. The van der Waals surface area contributed by atoms with Crippen molar-refractivity contribution in [3.63, 3.8) is 0 Å². The summed E-state index contributed by atoms with van der Waals surface area (Å²) in [6.07, 6.45) is 0. The number of para-hydroxylation sites is 1. The van der Waals surface area contributed by atoms with Crippen LogP contribution >= 0.6 is 0 Å². The number of nitrogens with one attached hydrogen (secondary N) is 1. The molecule has 4 heteroatoms. The van der Waals surface area contributed by atoms with Gasteiger partial charge in [-0.1, -0.05) is 42.5 Å². The molecule has 0 aliphatic heterocycles. The number of anilines is 1. The smallest absolute Gasteiger partial charge is 0.158 e. The molecular formula is C19H18N4. The lowest BCUT2D eigenvalue weighted by Crippen LogP contribution is -2.09. The first kappa shape index (κ1) is 13.8. The Balaban J connectivity index is 1.85. The van der Waals surface area contributed by atoms with Gasteiger partial charge in [-0.05, 0) is 31.5 Å². The number of benzene rings is 2. The highest BCUT2D eigenvalue weighted by Gasteiger charge is 2.12. The van der Waals surface area contributed by atoms with E-state index in [0.717, 1.165) is 28.1 Å². The van der Waals surface area contributed by atoms with E-state index in [4.69, 9.17) is 4.98 Å². The molecule has 23 heavy (non-hydrogen) atoms. The van der Waals surface area contributed by atoms with Gasteiger partial charge in [-0.15, -0.1) is 0 Å². The normalized spacial score (nSPS) is 12.6. The predicted molar refractivity (Wildman–Crippen MR) is 93.7 cm³/mol. The van der Waals surface area contributed by atoms with Gasteiger partial charge in [0.05, 0.1) is 11.2 Å². The maximum atomic E-state index is 4.78. The van der Waals surface area contributed by atoms with Crippen molar-refractivity contribution in [3.8, 4) is 0 Å². The van der Waals surface area contributed by atoms with Crippen LogP contribution in [0.5, 0.6) is 0 Å². The van der Waals surface area contributed by atoms with Crippen LogP contribution in [0.4, 0.5) is 5.82 Å². The highest BCUT2D eigenvalue weighted by atomic mass is 15.3. The third-order valence-electron chi connectivity index (χ3n) is 4.08. The molecule has 0 unspecified atom stereocenters. The summed E-state index contributed by atoms with van der Waals surface area (Å²) in [4.78, 5) is 4.78. The highest BCUT2D eigenvalue weighted by molar-refractivity contribution is 5.91. The lowest BCUT2D eigenvalue weighted by Gasteiger charge is -2.17. The lowest BCUT2D eigenvalue weighted by molar-refractivity contribution is 0.874. The third-order valence-corrected chi connectivity index (χ3v) is 4.08. The van der Waals surface area contributed by atoms with Gasteiger partial charge in [0.2, 0.25) is 0 Å². The monoisotopic (exact) mass is 302 g/mol. The Bertz CT molecular complexity index is 973. The molecule has 0 aliphatic carbocycles. The largest absolute Gasteiger partial charge is 0.363 e. The van der Waals surface area contributed by atoms with E-state index in [1.165, 1.54) is 5.56 Å². The van der Waals surface area contributed by atoms with Crippen molar-refractivity contribution in [3.05, 3.63) is 71.9 Å². The fourth-order valence-electron chi connectivity index (χ4n) is 2.92. The minimum Gasteiger partial charge on any atom is -0.363 e. The summed E-state index contributed by atoms with van der Waals surface area (Å²) in [5.41, 5.74) is 4.14. The molecule has 0 spiro atoms. The second-order valence-corrected chi connectivity index (χ2v) is 5.81. The zero-order valence-corrected chi connectivity index (χ0v) is 13.2. The van der Waals surface area contributed by atoms with Gasteiger partial charge in [-0.3, -0.25) is 0 Å². The topological polar surface area (TPSA) is 42.2 Å². The second-order valence-electron chi connectivity index (χ2n) is 5.81. The molecule has 1 atom stereocenters. The van der Waals surface area contributed by atoms with E-state index in [-0.39, 0.29) is 6.04 Å². The van der Waals surface area contributed by atoms with Gasteiger partial charge in [0, 0.05) is 17.5 Å². The average molecular weight is 302 g/mol. The molecule has 0 bridgehead atoms. The second kappa shape index (κ2) is 5.39. The average Bonchev–Trinajstić information content (AvgIpc) is 2.96. The number of rotatable bonds is 3. The molecule has 2 aromatic heterocycles. The van der Waals surface area contributed by atoms with Crippen LogP contribution < -0.4 is 5.32 Å². The van der Waals surface area contributed by atoms with Gasteiger partial charge < -0.3 is 5.32 Å². The van der Waals surface area contributed by atoms with E-state index in [1.54, 1.807) is 0 Å². The summed E-state index contributed by atoms with van der Waals surface area (Å²) in [6, 6.07) is 20.8. The summed E-state index contributed by atoms with van der Waals surface area (Å²) in [7, 11) is 0. The van der Waals surface area contributed by atoms with Gasteiger partial charge in [-0.25, -0.2) is 9.50 Å². The molecule has 114 valence electrons. The van der Waals surface area contributed by atoms with Crippen molar-refractivity contribution in [2.24, 2.45) is 0 Å². The summed E-state index contributed by atoms with van der Waals surface area (Å²) < 4.78 is 1.91. The number of aromatic nitrogens is 3. The number of hydrogen-bond donors (Lipinski definition) is 1. The molecule has 4 nitrogen and oxygen atoms in total. The molecule has 0 saturated heterocycles. The van der Waals surface area contributed by atoms with E-state index < -0.39 is 0 Å². The molecule has 4 aromatic rings. The molecule has 4 rings (SSSR count). The Morgan fingerprint density at radius 2 is 1.74 bits per heavy atom. The van der Waals surface area contributed by atoms with Crippen molar-refractivity contribution >= 4 is 22.4 Å². The Labute approximate surface area is 134 Å². The Morgan fingerprint density at radius 3 is 2.57 bits per heavy atom. The summed E-state index contributed by atoms with van der Waals surface area (Å²) in [5, 5.41) is 9.17. The van der Waals surface area contributed by atoms with Crippen molar-refractivity contribution < 1.29 is 0 Å². The number of aryl methyl sites for hydroxylation is 1. The molecule has 0 aliphatic rings. The summed E-state index contributed by atoms with van der Waals surface area (Å²) in [5.74, 6) is 0.893. The highest BCUT2D eigenvalue weighted by Crippen LogP contribution is 2.26. The minimum absolute atomic E-state index is 0.179. The Hall–Kier alpha value is -2.88. The van der Waals surface area contributed by atoms with Gasteiger partial charge in [0.1, 0.15) is 5.82 Å². The van der Waals surface area contributed by atoms with Gasteiger partial charge in [0.25, 0.3) is 0 Å². The Kier molecular flexibility index (Phi) is 3.23. The predicted octanol–water partition coefficient (Wildman–Crippen LogP) is 4.36. The first-order valence-electron chi connectivity index (χ1n) is 7.79. The van der Waals surface area contributed by atoms with Crippen LogP contribution in [0.2, 0.25) is 0 Å². The zero-order valence-electron chi connectivity index (χ0n) is 13.2. The molecule has 0 fully saturated rings. The van der Waals surface area contributed by atoms with Crippen LogP contribution in [0, 0.1) is 6.92 Å². The van der Waals surface area contributed by atoms with E-state index >= 15 is 0 Å². The van der Waals surface area contributed by atoms with Gasteiger partial charge >= 0.3 is 0 Å². The SMILES string of the molecule is Cc1cc2nc(N[C@@H](C)c3ccccc3)c3ccccc3n2n1. The number of nitrogens with zero attached hydrogens (tertiary/aromatic N) is 3. The number of fused-ring (bicyclic) bond motifs is 3. The quantitative estimate of drug-likeness (QED) is 0.611. The van der Waals surface area contributed by atoms with E-state index in [9.17, 15) is 0 Å². The molecule has 2 heterocycles. The van der Waals surface area contributed by atoms with E-state index in [1.807, 2.05) is 35.7 Å². The maximum absolute atomic E-state index is 4.78. The fraction of sp³-hybridized carbons (Fsp3) is 0.158. The first-order chi connectivity index (χ1) is 11.2. The number of hydrogen-bond acceptors (Lipinski definition) is 3. The van der Waals surface area contributed by atoms with Crippen molar-refractivity contribution in [2.45, 2.75) is 19.9 Å². The van der Waals surface area contributed by atoms with Crippen LogP contribution in [-0.4, -0.2) is 14.6 Å². The molecule has 1 N–H and O–H groups in total. The summed E-state index contributed by atoms with van der Waals surface area (Å²) >= 11 is 0. The molecule has 0 radical (unpaired) electrons. The fourth-order valence-corrected chi connectivity index (χ4v) is 2.92. The zero-order chi connectivity index (χ0) is 15.8. The van der Waals surface area contributed by atoms with E-state index in [2.05, 4.69) is 53.7 Å². The maximum Gasteiger partial charge on any atom is 0.158 e. The Morgan fingerprint density at radius 1 is 1.00 bits per heavy atom. The van der Waals surface area contributed by atoms with Crippen LogP contribution in [0.3, 0.4) is 0 Å². The van der Waals surface area contributed by atoms with Gasteiger partial charge in [0.15, 0.2) is 5.65 Å². The molecule has 0 saturated carbocycles. The van der Waals surface area contributed by atoms with Crippen LogP contribution in [0.1, 0.15) is 24.2 Å². The van der Waals surface area contributed by atoms with E-state index in [0.29, 0.717) is 0 Å². The van der Waals surface area contributed by atoms with Crippen molar-refractivity contribution in [1.29, 1.82) is 0 Å². The standard InChI is InChI=1S/C19H18N4/c1-13-12-18-21-19(20-14(2)15-8-4-3-5-9-15)16-10-6-7-11-17(16)23(18)22-13/h3-12,14H,1-2H3,(H,20,21)/t14-/m0/s1. The van der Waals surface area contributed by atoms with Gasteiger partial charge in [-0.2, -0.15) is 5.10 Å². The summed E-state index contributed by atoms with van der Waals surface area (Å²) in [6.45, 7) is 4.14. The van der Waals surface area contributed by atoms with Crippen LogP contribution in [0.15, 0.2) is 60.7 Å². The molecular weight excluding hydrogens is 284 g/mol. The molecule has 2 aromatic carbocycles. The van der Waals surface area contributed by atoms with Crippen LogP contribution in [-0.2, 0) is 0 Å². The third kappa shape index (κ3) is 2.42.